The lowest BCUT2D eigenvalue weighted by molar-refractivity contribution is -0.139. The molecule has 1 aliphatic carbocycles. The smallest absolute Gasteiger partial charge is 0.223 e. The van der Waals surface area contributed by atoms with Gasteiger partial charge in [-0.2, -0.15) is 0 Å². The van der Waals surface area contributed by atoms with Gasteiger partial charge in [-0.05, 0) is 37.0 Å². The molecular weight excluding hydrogens is 368 g/mol. The maximum atomic E-state index is 10.5. The number of rotatable bonds is 10. The van der Waals surface area contributed by atoms with Crippen molar-refractivity contribution in [3.8, 4) is 5.75 Å². The van der Waals surface area contributed by atoms with Crippen molar-refractivity contribution < 1.29 is 24.4 Å². The fraction of sp³-hybridized carbons (Fsp3) is 0.583. The molecule has 0 unspecified atom stereocenters. The maximum Gasteiger partial charge on any atom is 0.223 e. The lowest BCUT2D eigenvalue weighted by Crippen LogP contribution is -2.35. The third-order valence-electron chi connectivity index (χ3n) is 5.75. The van der Waals surface area contributed by atoms with Gasteiger partial charge in [0.2, 0.25) is 5.79 Å². The summed E-state index contributed by atoms with van der Waals surface area (Å²) >= 11 is 0. The van der Waals surface area contributed by atoms with E-state index in [4.69, 9.17) is 14.2 Å². The summed E-state index contributed by atoms with van der Waals surface area (Å²) < 4.78 is 17.6. The molecule has 0 radical (unpaired) electrons. The molecule has 1 saturated heterocycles. The first-order valence-corrected chi connectivity index (χ1v) is 10.8. The first kappa shape index (κ1) is 22.0. The van der Waals surface area contributed by atoms with Crippen molar-refractivity contribution >= 4 is 0 Å². The Morgan fingerprint density at radius 1 is 1.10 bits per heavy atom. The molecule has 2 fully saturated rings. The Hall–Kier alpha value is -1.66. The minimum Gasteiger partial charge on any atom is -0.488 e. The van der Waals surface area contributed by atoms with Crippen LogP contribution in [0.25, 0.3) is 0 Å². The van der Waals surface area contributed by atoms with Crippen LogP contribution in [0.5, 0.6) is 5.75 Å². The highest BCUT2D eigenvalue weighted by atomic mass is 16.8. The Kier molecular flexibility index (Phi) is 8.30. The van der Waals surface area contributed by atoms with Crippen molar-refractivity contribution in [2.24, 2.45) is 11.8 Å². The average molecular weight is 403 g/mol. The Balaban J connectivity index is 1.64. The molecule has 5 heteroatoms. The van der Waals surface area contributed by atoms with Gasteiger partial charge in [0.05, 0.1) is 25.4 Å². The van der Waals surface area contributed by atoms with Crippen molar-refractivity contribution in [1.82, 2.24) is 0 Å². The molecule has 1 aromatic rings. The number of para-hydroxylation sites is 1. The third kappa shape index (κ3) is 6.16. The lowest BCUT2D eigenvalue weighted by atomic mass is 9.89. The van der Waals surface area contributed by atoms with E-state index >= 15 is 0 Å². The standard InChI is InChI=1S/C24H34O5/c1-2-3-4-5-9-12-20-21(23(26)17-22(20)25)13-14-24(28-15-16-29-24)18-27-19-10-7-6-8-11-19/h5-11,13-14,20-23,25-26H,2-4,12,15-18H2,1H3/b9-5-,14-13+/t20-,21-,22+,23-/m1/s1. The van der Waals surface area contributed by atoms with Crippen LogP contribution in [0, 0.1) is 11.8 Å². The van der Waals surface area contributed by atoms with Gasteiger partial charge in [0.25, 0.3) is 0 Å². The van der Waals surface area contributed by atoms with E-state index in [1.807, 2.05) is 42.5 Å². The number of aliphatic hydroxyl groups is 2. The predicted octanol–water partition coefficient (Wildman–Crippen LogP) is 3.86. The van der Waals surface area contributed by atoms with Crippen LogP contribution in [0.15, 0.2) is 54.6 Å². The van der Waals surface area contributed by atoms with Crippen LogP contribution >= 0.6 is 0 Å². The van der Waals surface area contributed by atoms with Gasteiger partial charge in [0, 0.05) is 12.3 Å². The molecule has 29 heavy (non-hydrogen) atoms. The third-order valence-corrected chi connectivity index (χ3v) is 5.75. The SMILES string of the molecule is CCCC/C=C\C[C@@H]1[C@@H](/C=C/C2(COc3ccccc3)OCCO2)[C@H](O)C[C@@H]1O. The number of aliphatic hydroxyl groups excluding tert-OH is 2. The first-order valence-electron chi connectivity index (χ1n) is 10.8. The van der Waals surface area contributed by atoms with Crippen molar-refractivity contribution in [2.75, 3.05) is 19.8 Å². The molecule has 1 saturated carbocycles. The van der Waals surface area contributed by atoms with Gasteiger partial charge in [-0.15, -0.1) is 0 Å². The highest BCUT2D eigenvalue weighted by molar-refractivity contribution is 5.21. The molecule has 2 aliphatic rings. The molecule has 1 heterocycles. The number of benzene rings is 1. The van der Waals surface area contributed by atoms with E-state index in [2.05, 4.69) is 19.1 Å². The Morgan fingerprint density at radius 2 is 1.86 bits per heavy atom. The Bertz CT molecular complexity index is 650. The zero-order valence-corrected chi connectivity index (χ0v) is 17.3. The summed E-state index contributed by atoms with van der Waals surface area (Å²) in [6.45, 7) is 3.42. The van der Waals surface area contributed by atoms with Gasteiger partial charge in [0.1, 0.15) is 12.4 Å². The summed E-state index contributed by atoms with van der Waals surface area (Å²) in [4.78, 5) is 0. The van der Waals surface area contributed by atoms with E-state index in [-0.39, 0.29) is 18.4 Å². The minimum absolute atomic E-state index is 0.00683. The van der Waals surface area contributed by atoms with Crippen LogP contribution in [0.3, 0.4) is 0 Å². The second kappa shape index (κ2) is 10.9. The van der Waals surface area contributed by atoms with E-state index in [0.717, 1.165) is 18.6 Å². The molecule has 3 rings (SSSR count). The average Bonchev–Trinajstić information content (AvgIpc) is 3.30. The largest absolute Gasteiger partial charge is 0.488 e. The normalized spacial score (nSPS) is 29.2. The first-order chi connectivity index (χ1) is 14.1. The molecule has 0 bridgehead atoms. The van der Waals surface area contributed by atoms with E-state index in [0.29, 0.717) is 19.6 Å². The Labute approximate surface area is 174 Å². The quantitative estimate of drug-likeness (QED) is 0.459. The molecule has 1 aromatic carbocycles. The summed E-state index contributed by atoms with van der Waals surface area (Å²) in [6, 6.07) is 9.57. The lowest BCUT2D eigenvalue weighted by Gasteiger charge is -2.26. The fourth-order valence-corrected chi connectivity index (χ4v) is 4.06. The fourth-order valence-electron chi connectivity index (χ4n) is 4.06. The van der Waals surface area contributed by atoms with Crippen LogP contribution in [-0.4, -0.2) is 48.0 Å². The molecule has 0 spiro atoms. The molecule has 4 atom stereocenters. The van der Waals surface area contributed by atoms with Crippen LogP contribution in [0.4, 0.5) is 0 Å². The summed E-state index contributed by atoms with van der Waals surface area (Å²) in [6.07, 6.45) is 11.6. The van der Waals surface area contributed by atoms with Crippen molar-refractivity contribution in [2.45, 2.75) is 57.0 Å². The van der Waals surface area contributed by atoms with Gasteiger partial charge in [-0.1, -0.05) is 56.2 Å². The maximum absolute atomic E-state index is 10.5. The van der Waals surface area contributed by atoms with Crippen molar-refractivity contribution in [3.05, 3.63) is 54.6 Å². The second-order valence-corrected chi connectivity index (χ2v) is 7.93. The molecule has 160 valence electrons. The molecular formula is C24H34O5. The number of allylic oxidation sites excluding steroid dienone is 2. The van der Waals surface area contributed by atoms with E-state index in [1.165, 1.54) is 12.8 Å². The zero-order chi connectivity index (χ0) is 20.5. The van der Waals surface area contributed by atoms with E-state index < -0.39 is 18.0 Å². The highest BCUT2D eigenvalue weighted by Crippen LogP contribution is 2.37. The van der Waals surface area contributed by atoms with Gasteiger partial charge in [0.15, 0.2) is 0 Å². The Morgan fingerprint density at radius 3 is 2.59 bits per heavy atom. The summed E-state index contributed by atoms with van der Waals surface area (Å²) in [5, 5.41) is 20.9. The number of hydrogen-bond acceptors (Lipinski definition) is 5. The minimum atomic E-state index is -0.954. The van der Waals surface area contributed by atoms with Gasteiger partial charge in [-0.25, -0.2) is 0 Å². The monoisotopic (exact) mass is 402 g/mol. The molecule has 5 nitrogen and oxygen atoms in total. The van der Waals surface area contributed by atoms with E-state index in [1.54, 1.807) is 0 Å². The van der Waals surface area contributed by atoms with Gasteiger partial charge in [-0.3, -0.25) is 0 Å². The van der Waals surface area contributed by atoms with Crippen molar-refractivity contribution in [1.29, 1.82) is 0 Å². The van der Waals surface area contributed by atoms with Crippen LogP contribution in [-0.2, 0) is 9.47 Å². The zero-order valence-electron chi connectivity index (χ0n) is 17.3. The van der Waals surface area contributed by atoms with Crippen LogP contribution in [0.1, 0.15) is 39.0 Å². The summed E-state index contributed by atoms with van der Waals surface area (Å²) in [7, 11) is 0. The number of hydrogen-bond donors (Lipinski definition) is 2. The van der Waals surface area contributed by atoms with Gasteiger partial charge >= 0.3 is 0 Å². The van der Waals surface area contributed by atoms with Gasteiger partial charge < -0.3 is 24.4 Å². The predicted molar refractivity (Wildman–Crippen MR) is 113 cm³/mol. The highest BCUT2D eigenvalue weighted by Gasteiger charge is 2.41. The molecule has 1 aliphatic heterocycles. The van der Waals surface area contributed by atoms with E-state index in [9.17, 15) is 10.2 Å². The van der Waals surface area contributed by atoms with Crippen LogP contribution < -0.4 is 4.74 Å². The molecule has 0 aromatic heterocycles. The van der Waals surface area contributed by atoms with Crippen molar-refractivity contribution in [3.63, 3.8) is 0 Å². The topological polar surface area (TPSA) is 68.2 Å². The number of ether oxygens (including phenoxy) is 3. The summed E-state index contributed by atoms with van der Waals surface area (Å²) in [5.74, 6) is -0.342. The molecule has 2 N–H and O–H groups in total. The summed E-state index contributed by atoms with van der Waals surface area (Å²) in [5.41, 5.74) is 0. The number of unbranched alkanes of at least 4 members (excludes halogenated alkanes) is 2. The molecule has 0 amide bonds. The van der Waals surface area contributed by atoms with Crippen LogP contribution in [0.2, 0.25) is 0 Å². The second-order valence-electron chi connectivity index (χ2n) is 7.93.